The largest absolute Gasteiger partial charge is 0.390 e. The third kappa shape index (κ3) is 3.80. The van der Waals surface area contributed by atoms with Gasteiger partial charge in [0.2, 0.25) is 0 Å². The Morgan fingerprint density at radius 2 is 1.93 bits per heavy atom. The molecule has 4 fully saturated rings. The molecular formula is C23H29N3O2S. The molecule has 3 N–H and O–H groups in total. The van der Waals surface area contributed by atoms with Gasteiger partial charge in [-0.15, -0.1) is 11.3 Å². The molecule has 4 bridgehead atoms. The number of aryl methyl sites for hydroxylation is 1. The maximum atomic E-state index is 13.0. The first-order valence-electron chi connectivity index (χ1n) is 10.8. The van der Waals surface area contributed by atoms with Gasteiger partial charge in [-0.05, 0) is 68.8 Å². The van der Waals surface area contributed by atoms with Crippen LogP contribution in [0, 0.1) is 24.7 Å². The van der Waals surface area contributed by atoms with E-state index < -0.39 is 5.60 Å². The molecular weight excluding hydrogens is 382 g/mol. The van der Waals surface area contributed by atoms with E-state index in [9.17, 15) is 9.90 Å². The van der Waals surface area contributed by atoms with E-state index in [1.165, 1.54) is 5.56 Å². The number of aliphatic hydroxyl groups is 1. The lowest BCUT2D eigenvalue weighted by molar-refractivity contribution is -0.136. The Balaban J connectivity index is 1.21. The minimum atomic E-state index is -0.468. The number of anilines is 1. The summed E-state index contributed by atoms with van der Waals surface area (Å²) < 4.78 is 0. The van der Waals surface area contributed by atoms with Crippen LogP contribution < -0.4 is 10.6 Å². The van der Waals surface area contributed by atoms with Crippen LogP contribution in [-0.4, -0.2) is 34.2 Å². The van der Waals surface area contributed by atoms with Gasteiger partial charge in [-0.3, -0.25) is 4.79 Å². The number of hydrogen-bond donors (Lipinski definition) is 3. The fraction of sp³-hybridized carbons (Fsp3) is 0.565. The summed E-state index contributed by atoms with van der Waals surface area (Å²) in [4.78, 5) is 18.5. The Bertz CT molecular complexity index is 881. The molecule has 2 atom stereocenters. The van der Waals surface area contributed by atoms with Crippen molar-refractivity contribution in [3.05, 3.63) is 46.5 Å². The van der Waals surface area contributed by atoms with Gasteiger partial charge in [-0.2, -0.15) is 0 Å². The normalized spacial score (nSPS) is 32.3. The highest BCUT2D eigenvalue weighted by molar-refractivity contribution is 7.15. The number of nitrogens with one attached hydrogen (secondary N) is 2. The standard InChI is InChI=1S/C23H29N3O2S/c1-14-19(26-22(29-14)24-8-7-15-5-3-2-4-6-15)21(27)25-20-17-9-16-10-18(20)13-23(28,11-16)12-17/h2-6,16-18,20,28H,7-13H2,1H3,(H,24,26)(H,25,27). The number of nitrogens with zero attached hydrogens (tertiary/aromatic N) is 1. The average molecular weight is 412 g/mol. The van der Waals surface area contributed by atoms with Crippen LogP contribution >= 0.6 is 11.3 Å². The van der Waals surface area contributed by atoms with Crippen molar-refractivity contribution in [2.24, 2.45) is 17.8 Å². The molecule has 1 aromatic heterocycles. The molecule has 1 aromatic carbocycles. The second-order valence-electron chi connectivity index (χ2n) is 9.28. The van der Waals surface area contributed by atoms with Gasteiger partial charge in [0.15, 0.2) is 5.13 Å². The van der Waals surface area contributed by atoms with Crippen molar-refractivity contribution >= 4 is 22.4 Å². The first-order chi connectivity index (χ1) is 14.0. The van der Waals surface area contributed by atoms with Crippen molar-refractivity contribution in [2.45, 2.75) is 57.1 Å². The number of benzene rings is 1. The fourth-order valence-corrected chi connectivity index (χ4v) is 6.91. The van der Waals surface area contributed by atoms with E-state index in [-0.39, 0.29) is 11.9 Å². The van der Waals surface area contributed by atoms with Crippen LogP contribution in [0.1, 0.15) is 53.0 Å². The SMILES string of the molecule is Cc1sc(NCCc2ccccc2)nc1C(=O)NC1C2CC3CC1CC(O)(C3)C2. The number of aromatic nitrogens is 1. The predicted octanol–water partition coefficient (Wildman–Crippen LogP) is 3.78. The van der Waals surface area contributed by atoms with Gasteiger partial charge in [0.05, 0.1) is 5.60 Å². The summed E-state index contributed by atoms with van der Waals surface area (Å²) in [6.07, 6.45) is 5.86. The number of rotatable bonds is 6. The van der Waals surface area contributed by atoms with Crippen molar-refractivity contribution in [3.8, 4) is 0 Å². The molecule has 6 rings (SSSR count). The molecule has 0 radical (unpaired) electrons. The Hall–Kier alpha value is -1.92. The summed E-state index contributed by atoms with van der Waals surface area (Å²) in [5.74, 6) is 1.42. The molecule has 29 heavy (non-hydrogen) atoms. The molecule has 2 aromatic rings. The predicted molar refractivity (Wildman–Crippen MR) is 115 cm³/mol. The van der Waals surface area contributed by atoms with Crippen LogP contribution in [0.2, 0.25) is 0 Å². The van der Waals surface area contributed by atoms with Crippen molar-refractivity contribution in [2.75, 3.05) is 11.9 Å². The molecule has 0 spiro atoms. The Labute approximate surface area is 175 Å². The van der Waals surface area contributed by atoms with Gasteiger partial charge in [-0.25, -0.2) is 4.98 Å². The molecule has 0 aliphatic heterocycles. The van der Waals surface area contributed by atoms with Crippen LogP contribution in [0.15, 0.2) is 30.3 Å². The van der Waals surface area contributed by atoms with Crippen molar-refractivity contribution in [3.63, 3.8) is 0 Å². The zero-order chi connectivity index (χ0) is 20.0. The molecule has 4 aliphatic carbocycles. The van der Waals surface area contributed by atoms with Crippen molar-refractivity contribution in [1.29, 1.82) is 0 Å². The quantitative estimate of drug-likeness (QED) is 0.676. The molecule has 1 amide bonds. The van der Waals surface area contributed by atoms with Gasteiger partial charge < -0.3 is 15.7 Å². The highest BCUT2D eigenvalue weighted by atomic mass is 32.1. The van der Waals surface area contributed by atoms with Crippen molar-refractivity contribution in [1.82, 2.24) is 10.3 Å². The molecule has 4 aliphatic rings. The minimum Gasteiger partial charge on any atom is -0.390 e. The molecule has 4 saturated carbocycles. The van der Waals surface area contributed by atoms with E-state index in [1.54, 1.807) is 11.3 Å². The van der Waals surface area contributed by atoms with Gasteiger partial charge in [0.1, 0.15) is 5.69 Å². The van der Waals surface area contributed by atoms with Gasteiger partial charge in [0.25, 0.3) is 5.91 Å². The van der Waals surface area contributed by atoms with Crippen LogP contribution in [-0.2, 0) is 6.42 Å². The molecule has 6 heteroatoms. The van der Waals surface area contributed by atoms with Crippen molar-refractivity contribution < 1.29 is 9.90 Å². The Morgan fingerprint density at radius 3 is 2.62 bits per heavy atom. The zero-order valence-corrected chi connectivity index (χ0v) is 17.7. The van der Waals surface area contributed by atoms with E-state index in [1.807, 2.05) is 25.1 Å². The van der Waals surface area contributed by atoms with E-state index >= 15 is 0 Å². The molecule has 1 heterocycles. The minimum absolute atomic E-state index is 0.0562. The lowest BCUT2D eigenvalue weighted by atomic mass is 9.52. The van der Waals surface area contributed by atoms with E-state index in [4.69, 9.17) is 0 Å². The van der Waals surface area contributed by atoms with Gasteiger partial charge >= 0.3 is 0 Å². The Morgan fingerprint density at radius 1 is 1.21 bits per heavy atom. The third-order valence-corrected chi connectivity index (χ3v) is 8.01. The summed E-state index contributed by atoms with van der Waals surface area (Å²) >= 11 is 1.54. The van der Waals surface area contributed by atoms with E-state index in [2.05, 4.69) is 27.8 Å². The number of carbonyl (C=O) groups excluding carboxylic acids is 1. The number of amides is 1. The van der Waals surface area contributed by atoms with E-state index in [0.717, 1.165) is 55.1 Å². The second kappa shape index (κ2) is 7.40. The summed E-state index contributed by atoms with van der Waals surface area (Å²) in [6, 6.07) is 10.6. The smallest absolute Gasteiger partial charge is 0.271 e. The summed E-state index contributed by atoms with van der Waals surface area (Å²) in [6.45, 7) is 2.76. The van der Waals surface area contributed by atoms with E-state index in [0.29, 0.717) is 23.4 Å². The maximum absolute atomic E-state index is 13.0. The van der Waals surface area contributed by atoms with Crippen LogP contribution in [0.25, 0.3) is 0 Å². The van der Waals surface area contributed by atoms with Crippen LogP contribution in [0.4, 0.5) is 5.13 Å². The van der Waals surface area contributed by atoms with Crippen LogP contribution in [0.3, 0.4) is 0 Å². The monoisotopic (exact) mass is 411 g/mol. The topological polar surface area (TPSA) is 74.2 Å². The maximum Gasteiger partial charge on any atom is 0.271 e. The number of hydrogen-bond acceptors (Lipinski definition) is 5. The lowest BCUT2D eigenvalue weighted by Gasteiger charge is -2.58. The average Bonchev–Trinajstić information content (AvgIpc) is 3.05. The summed E-state index contributed by atoms with van der Waals surface area (Å²) in [5, 5.41) is 18.2. The zero-order valence-electron chi connectivity index (χ0n) is 16.9. The summed E-state index contributed by atoms with van der Waals surface area (Å²) in [5.41, 5.74) is 1.36. The second-order valence-corrected chi connectivity index (χ2v) is 10.5. The molecule has 5 nitrogen and oxygen atoms in total. The molecule has 154 valence electrons. The fourth-order valence-electron chi connectivity index (χ4n) is 6.08. The highest BCUT2D eigenvalue weighted by Crippen LogP contribution is 2.55. The van der Waals surface area contributed by atoms with Gasteiger partial charge in [-0.1, -0.05) is 30.3 Å². The molecule has 2 unspecified atom stereocenters. The number of carbonyl (C=O) groups is 1. The van der Waals surface area contributed by atoms with Gasteiger partial charge in [0, 0.05) is 17.5 Å². The third-order valence-electron chi connectivity index (χ3n) is 7.08. The van der Waals surface area contributed by atoms with Crippen LogP contribution in [0.5, 0.6) is 0 Å². The highest BCUT2D eigenvalue weighted by Gasteiger charge is 2.55. The lowest BCUT2D eigenvalue weighted by Crippen LogP contribution is -2.61. The molecule has 0 saturated heterocycles. The first-order valence-corrected chi connectivity index (χ1v) is 11.6. The summed E-state index contributed by atoms with van der Waals surface area (Å²) in [7, 11) is 0. The number of thiazole rings is 1. The first kappa shape index (κ1) is 19.1. The Kier molecular flexibility index (Phi) is 4.87.